The Labute approximate surface area is 143 Å². The number of anilines is 1. The van der Waals surface area contributed by atoms with Gasteiger partial charge in [-0.15, -0.1) is 0 Å². The maximum atomic E-state index is 14.1. The second kappa shape index (κ2) is 5.94. The molecule has 4 heterocycles. The Morgan fingerprint density at radius 2 is 1.92 bits per heavy atom. The van der Waals surface area contributed by atoms with Crippen molar-refractivity contribution in [2.24, 2.45) is 0 Å². The summed E-state index contributed by atoms with van der Waals surface area (Å²) in [5.74, 6) is 0.168. The molecule has 0 unspecified atom stereocenters. The van der Waals surface area contributed by atoms with Crippen molar-refractivity contribution < 1.29 is 4.39 Å². The van der Waals surface area contributed by atoms with Crippen LogP contribution >= 0.6 is 0 Å². The number of imidazole rings is 1. The molecule has 4 aromatic heterocycles. The molecule has 0 aliphatic carbocycles. The number of hydrogen-bond donors (Lipinski definition) is 1. The van der Waals surface area contributed by atoms with Gasteiger partial charge in [0.15, 0.2) is 0 Å². The highest BCUT2D eigenvalue weighted by Crippen LogP contribution is 2.26. The summed E-state index contributed by atoms with van der Waals surface area (Å²) in [6, 6.07) is 6.62. The van der Waals surface area contributed by atoms with Crippen LogP contribution in [-0.4, -0.2) is 31.4 Å². The molecule has 0 aromatic carbocycles. The fourth-order valence-corrected chi connectivity index (χ4v) is 2.72. The second-order valence-electron chi connectivity index (χ2n) is 5.60. The zero-order chi connectivity index (χ0) is 17.4. The van der Waals surface area contributed by atoms with E-state index in [1.807, 2.05) is 29.7 Å². The summed E-state index contributed by atoms with van der Waals surface area (Å²) in [5, 5.41) is 2.94. The van der Waals surface area contributed by atoms with Crippen LogP contribution in [0.4, 0.5) is 10.3 Å². The van der Waals surface area contributed by atoms with E-state index in [9.17, 15) is 4.39 Å². The molecule has 0 saturated carbocycles. The van der Waals surface area contributed by atoms with E-state index in [0.29, 0.717) is 17.2 Å². The molecule has 0 amide bonds. The predicted molar refractivity (Wildman–Crippen MR) is 93.7 cm³/mol. The number of aryl methyl sites for hydroxylation is 1. The lowest BCUT2D eigenvalue weighted by Gasteiger charge is -2.08. The van der Waals surface area contributed by atoms with Crippen LogP contribution in [0.3, 0.4) is 0 Å². The summed E-state index contributed by atoms with van der Waals surface area (Å²) >= 11 is 0. The zero-order valence-corrected chi connectivity index (χ0v) is 13.7. The summed E-state index contributed by atoms with van der Waals surface area (Å²) in [5.41, 5.74) is 4.23. The first-order valence-corrected chi connectivity index (χ1v) is 7.77. The van der Waals surface area contributed by atoms with Crippen molar-refractivity contribution in [2.45, 2.75) is 6.92 Å². The van der Waals surface area contributed by atoms with E-state index in [-0.39, 0.29) is 5.82 Å². The molecule has 4 rings (SSSR count). The smallest absolute Gasteiger partial charge is 0.223 e. The topological polar surface area (TPSA) is 68.0 Å². The van der Waals surface area contributed by atoms with Gasteiger partial charge in [-0.05, 0) is 36.8 Å². The fraction of sp³-hybridized carbons (Fsp3) is 0.111. The van der Waals surface area contributed by atoms with Crippen LogP contribution in [0.1, 0.15) is 5.56 Å². The van der Waals surface area contributed by atoms with Crippen LogP contribution in [0, 0.1) is 12.7 Å². The first kappa shape index (κ1) is 15.2. The van der Waals surface area contributed by atoms with Crippen molar-refractivity contribution in [1.29, 1.82) is 0 Å². The van der Waals surface area contributed by atoms with Crippen LogP contribution in [0.2, 0.25) is 0 Å². The van der Waals surface area contributed by atoms with Gasteiger partial charge >= 0.3 is 0 Å². The van der Waals surface area contributed by atoms with Gasteiger partial charge in [-0.3, -0.25) is 9.38 Å². The molecule has 4 aromatic rings. The minimum absolute atomic E-state index is 0.305. The lowest BCUT2D eigenvalue weighted by molar-refractivity contribution is 0.625. The molecule has 0 atom stereocenters. The molecule has 0 fully saturated rings. The van der Waals surface area contributed by atoms with Gasteiger partial charge in [-0.1, -0.05) is 0 Å². The van der Waals surface area contributed by atoms with Crippen molar-refractivity contribution in [3.8, 4) is 22.6 Å². The van der Waals surface area contributed by atoms with Crippen LogP contribution < -0.4 is 5.32 Å². The van der Waals surface area contributed by atoms with Crippen molar-refractivity contribution in [2.75, 3.05) is 12.4 Å². The van der Waals surface area contributed by atoms with E-state index in [1.54, 1.807) is 31.7 Å². The second-order valence-corrected chi connectivity index (χ2v) is 5.60. The number of hydrogen-bond acceptors (Lipinski definition) is 5. The fourth-order valence-electron chi connectivity index (χ4n) is 2.72. The maximum Gasteiger partial charge on any atom is 0.223 e. The first-order valence-electron chi connectivity index (χ1n) is 7.77. The number of pyridine rings is 2. The standard InChI is InChI=1S/C18H15FN6/c1-11-8-23-18(20-2)24-16(11)14-9-22-15-6-5-12(10-25(14)15)17-13(19)4-3-7-21-17/h3-10H,1-2H3,(H,20,23,24). The Bertz CT molecular complexity index is 1070. The molecule has 0 radical (unpaired) electrons. The monoisotopic (exact) mass is 334 g/mol. The van der Waals surface area contributed by atoms with Crippen LogP contribution in [0.25, 0.3) is 28.3 Å². The SMILES string of the molecule is CNc1ncc(C)c(-c2cnc3ccc(-c4ncccc4F)cn23)n1. The van der Waals surface area contributed by atoms with Gasteiger partial charge in [-0.2, -0.15) is 0 Å². The molecule has 0 aliphatic heterocycles. The number of nitrogens with zero attached hydrogens (tertiary/aromatic N) is 5. The zero-order valence-electron chi connectivity index (χ0n) is 13.7. The Morgan fingerprint density at radius 1 is 1.04 bits per heavy atom. The van der Waals surface area contributed by atoms with Crippen LogP contribution in [0.5, 0.6) is 0 Å². The highest BCUT2D eigenvalue weighted by Gasteiger charge is 2.13. The van der Waals surface area contributed by atoms with E-state index in [2.05, 4.69) is 25.3 Å². The van der Waals surface area contributed by atoms with Crippen molar-refractivity contribution >= 4 is 11.6 Å². The molecule has 6 nitrogen and oxygen atoms in total. The lowest BCUT2D eigenvalue weighted by Crippen LogP contribution is -2.01. The van der Waals surface area contributed by atoms with Gasteiger partial charge in [0.2, 0.25) is 5.95 Å². The van der Waals surface area contributed by atoms with E-state index in [4.69, 9.17) is 0 Å². The molecule has 0 aliphatic rings. The van der Waals surface area contributed by atoms with Gasteiger partial charge in [0.1, 0.15) is 17.2 Å². The Kier molecular flexibility index (Phi) is 3.61. The quantitative estimate of drug-likeness (QED) is 0.622. The predicted octanol–water partition coefficient (Wildman–Crippen LogP) is 3.34. The molecule has 0 bridgehead atoms. The Hall–Kier alpha value is -3.35. The van der Waals surface area contributed by atoms with Crippen LogP contribution in [0.15, 0.2) is 49.1 Å². The Balaban J connectivity index is 1.92. The minimum Gasteiger partial charge on any atom is -0.357 e. The average molecular weight is 334 g/mol. The third kappa shape index (κ3) is 2.59. The minimum atomic E-state index is -0.362. The largest absolute Gasteiger partial charge is 0.357 e. The molecule has 0 spiro atoms. The molecule has 0 saturated heterocycles. The molecule has 7 heteroatoms. The van der Waals surface area contributed by atoms with Crippen molar-refractivity contribution in [3.63, 3.8) is 0 Å². The normalized spacial score (nSPS) is 11.0. The summed E-state index contributed by atoms with van der Waals surface area (Å²) in [6.07, 6.45) is 6.91. The number of nitrogens with one attached hydrogen (secondary N) is 1. The number of rotatable bonds is 3. The number of halogens is 1. The highest BCUT2D eigenvalue weighted by molar-refractivity contribution is 5.68. The van der Waals surface area contributed by atoms with Gasteiger partial charge in [0.05, 0.1) is 17.6 Å². The Morgan fingerprint density at radius 3 is 2.72 bits per heavy atom. The summed E-state index contributed by atoms with van der Waals surface area (Å²) < 4.78 is 16.0. The van der Waals surface area contributed by atoms with E-state index in [0.717, 1.165) is 22.6 Å². The van der Waals surface area contributed by atoms with Gasteiger partial charge in [-0.25, -0.2) is 19.3 Å². The summed E-state index contributed by atoms with van der Waals surface area (Å²) in [4.78, 5) is 17.3. The van der Waals surface area contributed by atoms with E-state index >= 15 is 0 Å². The first-order chi connectivity index (χ1) is 12.2. The average Bonchev–Trinajstić information content (AvgIpc) is 3.05. The van der Waals surface area contributed by atoms with Crippen molar-refractivity contribution in [1.82, 2.24) is 24.3 Å². The molecule has 25 heavy (non-hydrogen) atoms. The van der Waals surface area contributed by atoms with Gasteiger partial charge in [0, 0.05) is 31.2 Å². The third-order valence-electron chi connectivity index (χ3n) is 3.98. The number of aromatic nitrogens is 5. The lowest BCUT2D eigenvalue weighted by atomic mass is 10.1. The van der Waals surface area contributed by atoms with Gasteiger partial charge < -0.3 is 5.32 Å². The highest BCUT2D eigenvalue weighted by atomic mass is 19.1. The molecular formula is C18H15FN6. The molecule has 124 valence electrons. The summed E-state index contributed by atoms with van der Waals surface area (Å²) in [6.45, 7) is 1.94. The number of fused-ring (bicyclic) bond motifs is 1. The maximum absolute atomic E-state index is 14.1. The van der Waals surface area contributed by atoms with E-state index < -0.39 is 0 Å². The van der Waals surface area contributed by atoms with Crippen molar-refractivity contribution in [3.05, 3.63) is 60.4 Å². The summed E-state index contributed by atoms with van der Waals surface area (Å²) in [7, 11) is 1.77. The molecule has 1 N–H and O–H groups in total. The molecular weight excluding hydrogens is 319 g/mol. The van der Waals surface area contributed by atoms with E-state index in [1.165, 1.54) is 6.07 Å². The van der Waals surface area contributed by atoms with Crippen LogP contribution in [-0.2, 0) is 0 Å². The third-order valence-corrected chi connectivity index (χ3v) is 3.98. The van der Waals surface area contributed by atoms with Gasteiger partial charge in [0.25, 0.3) is 0 Å².